The van der Waals surface area contributed by atoms with Gasteiger partial charge in [-0.05, 0) is 5.01 Å². The lowest BCUT2D eigenvalue weighted by Gasteiger charge is -2.18. The van der Waals surface area contributed by atoms with Crippen molar-refractivity contribution in [1.29, 1.82) is 0 Å². The van der Waals surface area contributed by atoms with Crippen molar-refractivity contribution in [3.63, 3.8) is 0 Å². The second-order valence-electron chi connectivity index (χ2n) is 4.20. The predicted octanol–water partition coefficient (Wildman–Crippen LogP) is -4.04. The van der Waals surface area contributed by atoms with Crippen LogP contribution in [0.3, 0.4) is 0 Å². The van der Waals surface area contributed by atoms with Crippen LogP contribution in [0, 0.1) is 30.3 Å². The van der Waals surface area contributed by atoms with E-state index in [4.69, 9.17) is 0 Å². The minimum absolute atomic E-state index is 0. The van der Waals surface area contributed by atoms with E-state index in [1.807, 2.05) is 0 Å². The van der Waals surface area contributed by atoms with Crippen LogP contribution in [0.4, 0.5) is 0 Å². The fourth-order valence-electron chi connectivity index (χ4n) is 1.49. The monoisotopic (exact) mass is 351 g/mol. The van der Waals surface area contributed by atoms with Crippen molar-refractivity contribution >= 4 is 0 Å². The van der Waals surface area contributed by atoms with Gasteiger partial charge in [0.15, 0.2) is 27.5 Å². The molecule has 0 amide bonds. The highest BCUT2D eigenvalue weighted by Crippen LogP contribution is 1.98. The molecule has 0 unspecified atom stereocenters. The molecule has 128 valence electrons. The van der Waals surface area contributed by atoms with Gasteiger partial charge in [-0.2, -0.15) is 4.57 Å². The van der Waals surface area contributed by atoms with Gasteiger partial charge in [0.2, 0.25) is 13.3 Å². The lowest BCUT2D eigenvalue weighted by atomic mass is 10.5. The summed E-state index contributed by atoms with van der Waals surface area (Å²) in [6, 6.07) is 5.00. The van der Waals surface area contributed by atoms with E-state index in [0.29, 0.717) is 15.0 Å². The first-order chi connectivity index (χ1) is 10.3. The third-order valence-corrected chi connectivity index (χ3v) is 2.54. The summed E-state index contributed by atoms with van der Waals surface area (Å²) in [5.74, 6) is 0. The van der Waals surface area contributed by atoms with Gasteiger partial charge in [-0.25, -0.2) is 30.3 Å². The zero-order valence-electron chi connectivity index (χ0n) is 12.0. The molecule has 0 radical (unpaired) electrons. The first kappa shape index (κ1) is 20.0. The van der Waals surface area contributed by atoms with Crippen LogP contribution in [-0.2, 0) is 6.67 Å². The van der Waals surface area contributed by atoms with Crippen molar-refractivity contribution in [2.24, 2.45) is 0 Å². The zero-order chi connectivity index (χ0) is 16.7. The van der Waals surface area contributed by atoms with Crippen LogP contribution in [-0.4, -0.2) is 50.5 Å². The Kier molecular flexibility index (Phi) is 7.96. The third-order valence-electron chi connectivity index (χ3n) is 2.54. The second kappa shape index (κ2) is 9.14. The summed E-state index contributed by atoms with van der Waals surface area (Å²) in [7, 11) is 1.03. The summed E-state index contributed by atoms with van der Waals surface area (Å²) >= 11 is 0. The zero-order valence-corrected chi connectivity index (χ0v) is 12.7. The Bertz CT molecular complexity index is 546. The first-order valence-corrected chi connectivity index (χ1v) is 5.89. The maximum Gasteiger partial charge on any atom is 0.277 e. The largest absolute Gasteiger partial charge is 1.00 e. The summed E-state index contributed by atoms with van der Waals surface area (Å²) in [6.07, 6.45) is 3.10. The Morgan fingerprint density at radius 3 is 1.83 bits per heavy atom. The summed E-state index contributed by atoms with van der Waals surface area (Å²) in [5.41, 5.74) is 0. The Morgan fingerprint density at radius 1 is 0.870 bits per heavy atom. The minimum atomic E-state index is -0.924. The first-order valence-electron chi connectivity index (χ1n) is 5.89. The standard InChI is InChI=1S/C9H14N7O6.ClH/c1-10(14(17)18)7-12(15(19)20)9-13(16(21)22)8-11-5-3-2-4-6-11;/h2-6H,7-9H2,1H3;1H/q+1;/p-1. The van der Waals surface area contributed by atoms with Crippen LogP contribution in [0.2, 0.25) is 0 Å². The Hall–Kier alpha value is -2.96. The maximum absolute atomic E-state index is 11.0. The molecule has 0 aliphatic carbocycles. The van der Waals surface area contributed by atoms with Crippen LogP contribution in [0.25, 0.3) is 0 Å². The third kappa shape index (κ3) is 6.56. The van der Waals surface area contributed by atoms with E-state index in [2.05, 4.69) is 0 Å². The number of rotatable bonds is 9. The van der Waals surface area contributed by atoms with Crippen LogP contribution >= 0.6 is 0 Å². The molecule has 0 spiro atoms. The fraction of sp³-hybridized carbons (Fsp3) is 0.444. The van der Waals surface area contributed by atoms with Crippen molar-refractivity contribution in [3.8, 4) is 0 Å². The van der Waals surface area contributed by atoms with Crippen molar-refractivity contribution in [1.82, 2.24) is 15.0 Å². The predicted molar refractivity (Wildman–Crippen MR) is 68.8 cm³/mol. The van der Waals surface area contributed by atoms with E-state index >= 15 is 0 Å². The van der Waals surface area contributed by atoms with E-state index < -0.39 is 28.4 Å². The van der Waals surface area contributed by atoms with Gasteiger partial charge in [0.1, 0.15) is 0 Å². The highest BCUT2D eigenvalue weighted by atomic mass is 35.5. The number of nitro groups is 3. The van der Waals surface area contributed by atoms with Crippen LogP contribution in [0.15, 0.2) is 30.6 Å². The van der Waals surface area contributed by atoms with Gasteiger partial charge < -0.3 is 12.4 Å². The van der Waals surface area contributed by atoms with Gasteiger partial charge in [0, 0.05) is 12.1 Å². The van der Waals surface area contributed by atoms with Gasteiger partial charge in [-0.3, -0.25) is 0 Å². The highest BCUT2D eigenvalue weighted by molar-refractivity contribution is 4.83. The molecule has 0 aliphatic rings. The van der Waals surface area contributed by atoms with Crippen LogP contribution in [0.1, 0.15) is 0 Å². The lowest BCUT2D eigenvalue weighted by molar-refractivity contribution is -0.811. The Morgan fingerprint density at radius 2 is 1.39 bits per heavy atom. The maximum atomic E-state index is 11.0. The van der Waals surface area contributed by atoms with Crippen molar-refractivity contribution < 1.29 is 32.1 Å². The summed E-state index contributed by atoms with van der Waals surface area (Å²) in [4.78, 5) is 32.4. The van der Waals surface area contributed by atoms with Crippen LogP contribution < -0.4 is 17.0 Å². The van der Waals surface area contributed by atoms with Gasteiger partial charge >= 0.3 is 0 Å². The molecular formula is C9H14ClN7O6. The smallest absolute Gasteiger partial charge is 0.277 e. The molecule has 0 aromatic carbocycles. The minimum Gasteiger partial charge on any atom is -1.00 e. The summed E-state index contributed by atoms with van der Waals surface area (Å²) in [5, 5.41) is 31.2. The number of nitrogens with zero attached hydrogens (tertiary/aromatic N) is 7. The highest BCUT2D eigenvalue weighted by Gasteiger charge is 2.30. The van der Waals surface area contributed by atoms with Gasteiger partial charge in [0.25, 0.3) is 6.67 Å². The molecule has 0 atom stereocenters. The van der Waals surface area contributed by atoms with Crippen LogP contribution in [0.5, 0.6) is 0 Å². The number of hydrogen-bond donors (Lipinski definition) is 0. The number of aromatic nitrogens is 1. The topological polar surface area (TPSA) is 143 Å². The SMILES string of the molecule is CN(CN(CN(C[n+]1ccccc1)[N+](=O)[O-])[N+](=O)[O-])[N+](=O)[O-].[Cl-]. The molecule has 14 heteroatoms. The normalized spacial score (nSPS) is 9.43. The molecule has 13 nitrogen and oxygen atoms in total. The van der Waals surface area contributed by atoms with Gasteiger partial charge in [-0.15, -0.1) is 5.01 Å². The van der Waals surface area contributed by atoms with Crippen molar-refractivity contribution in [2.45, 2.75) is 6.67 Å². The van der Waals surface area contributed by atoms with E-state index in [9.17, 15) is 30.3 Å². The van der Waals surface area contributed by atoms with Crippen molar-refractivity contribution in [3.05, 3.63) is 60.9 Å². The fourth-order valence-corrected chi connectivity index (χ4v) is 1.49. The molecule has 1 rings (SSSR count). The average Bonchev–Trinajstić information content (AvgIpc) is 2.46. The van der Waals surface area contributed by atoms with Crippen molar-refractivity contribution in [2.75, 3.05) is 20.4 Å². The summed E-state index contributed by atoms with van der Waals surface area (Å²) in [6.45, 7) is -1.68. The molecule has 23 heavy (non-hydrogen) atoms. The van der Waals surface area contributed by atoms with E-state index in [1.165, 1.54) is 4.57 Å². The number of pyridine rings is 1. The molecule has 0 saturated heterocycles. The molecule has 0 aliphatic heterocycles. The molecule has 0 saturated carbocycles. The molecule has 1 aromatic rings. The Balaban J connectivity index is 0.00000484. The number of halogens is 1. The van der Waals surface area contributed by atoms with E-state index in [-0.39, 0.29) is 19.1 Å². The average molecular weight is 352 g/mol. The molecule has 0 N–H and O–H groups in total. The quantitative estimate of drug-likeness (QED) is 0.188. The molecule has 0 fully saturated rings. The summed E-state index contributed by atoms with van der Waals surface area (Å²) < 4.78 is 1.44. The number of hydrogen-bond acceptors (Lipinski definition) is 6. The molecule has 1 aromatic heterocycles. The van der Waals surface area contributed by atoms with Gasteiger partial charge in [-0.1, -0.05) is 11.1 Å². The second-order valence-corrected chi connectivity index (χ2v) is 4.20. The molecule has 1 heterocycles. The van der Waals surface area contributed by atoms with E-state index in [0.717, 1.165) is 7.05 Å². The van der Waals surface area contributed by atoms with Gasteiger partial charge in [0.05, 0.1) is 7.05 Å². The lowest BCUT2D eigenvalue weighted by Crippen LogP contribution is -3.00. The molecular weight excluding hydrogens is 338 g/mol. The molecule has 0 bridgehead atoms. The van der Waals surface area contributed by atoms with E-state index in [1.54, 1.807) is 30.6 Å². The Labute approximate surface area is 136 Å². The number of hydrazine groups is 3.